The van der Waals surface area contributed by atoms with Crippen molar-refractivity contribution in [3.8, 4) is 34.0 Å². The molecule has 1 saturated carbocycles. The lowest BCUT2D eigenvalue weighted by Gasteiger charge is -2.11. The normalized spacial score (nSPS) is 14.1. The van der Waals surface area contributed by atoms with Gasteiger partial charge >= 0.3 is 5.97 Å². The molecule has 226 valence electrons. The summed E-state index contributed by atoms with van der Waals surface area (Å²) in [5.74, 6) is 2.91. The number of nitrogens with zero attached hydrogens (tertiary/aromatic N) is 2. The number of carbonyl (C=O) groups excluding carboxylic acids is 1. The van der Waals surface area contributed by atoms with Gasteiger partial charge in [0, 0.05) is 23.5 Å². The maximum absolute atomic E-state index is 12.4. The molecule has 4 rings (SSSR count). The first kappa shape index (κ1) is 31.7. The number of aromatic nitrogens is 2. The summed E-state index contributed by atoms with van der Waals surface area (Å²) in [6.45, 7) is 4.91. The van der Waals surface area contributed by atoms with Gasteiger partial charge in [0.1, 0.15) is 11.5 Å². The minimum absolute atomic E-state index is 0.0893. The molecule has 0 N–H and O–H groups in total. The fourth-order valence-electron chi connectivity index (χ4n) is 5.81. The summed E-state index contributed by atoms with van der Waals surface area (Å²) >= 11 is 0. The second-order valence-corrected chi connectivity index (χ2v) is 12.1. The highest BCUT2D eigenvalue weighted by molar-refractivity contribution is 5.75. The van der Waals surface area contributed by atoms with Crippen LogP contribution in [-0.2, 0) is 4.79 Å². The van der Waals surface area contributed by atoms with E-state index in [-0.39, 0.29) is 11.9 Å². The largest absolute Gasteiger partial charge is 0.494 e. The van der Waals surface area contributed by atoms with Gasteiger partial charge in [0.2, 0.25) is 0 Å². The van der Waals surface area contributed by atoms with Crippen molar-refractivity contribution >= 4 is 5.97 Å². The van der Waals surface area contributed by atoms with Crippen LogP contribution in [0.4, 0.5) is 0 Å². The van der Waals surface area contributed by atoms with Crippen molar-refractivity contribution in [1.29, 1.82) is 0 Å². The highest BCUT2D eigenvalue weighted by Crippen LogP contribution is 2.29. The Labute approximate surface area is 253 Å². The van der Waals surface area contributed by atoms with Gasteiger partial charge in [-0.15, -0.1) is 0 Å². The lowest BCUT2D eigenvalue weighted by atomic mass is 9.99. The Morgan fingerprint density at radius 3 is 2.10 bits per heavy atom. The number of ether oxygens (including phenoxy) is 2. The molecule has 3 aromatic rings. The van der Waals surface area contributed by atoms with Gasteiger partial charge in [-0.3, -0.25) is 4.79 Å². The third-order valence-corrected chi connectivity index (χ3v) is 8.56. The van der Waals surface area contributed by atoms with E-state index in [0.717, 1.165) is 54.2 Å². The molecule has 0 amide bonds. The molecule has 1 aliphatic carbocycles. The predicted molar refractivity (Wildman–Crippen MR) is 172 cm³/mol. The highest BCUT2D eigenvalue weighted by Gasteiger charge is 2.15. The van der Waals surface area contributed by atoms with E-state index in [4.69, 9.17) is 9.47 Å². The van der Waals surface area contributed by atoms with Crippen LogP contribution in [0.25, 0.3) is 22.5 Å². The molecule has 0 aliphatic heterocycles. The molecule has 0 radical (unpaired) electrons. The van der Waals surface area contributed by atoms with Crippen molar-refractivity contribution in [2.45, 2.75) is 110 Å². The third-order valence-electron chi connectivity index (χ3n) is 8.56. The fourth-order valence-corrected chi connectivity index (χ4v) is 5.81. The number of carbonyl (C=O) groups is 1. The third kappa shape index (κ3) is 10.6. The van der Waals surface area contributed by atoms with Crippen LogP contribution in [0.2, 0.25) is 0 Å². The first-order valence-electron chi connectivity index (χ1n) is 16.5. The molecule has 1 atom stereocenters. The number of hydrogen-bond donors (Lipinski definition) is 0. The van der Waals surface area contributed by atoms with Crippen molar-refractivity contribution in [2.75, 3.05) is 6.61 Å². The molecular formula is C37H50N2O3. The first-order chi connectivity index (χ1) is 20.6. The van der Waals surface area contributed by atoms with Crippen molar-refractivity contribution < 1.29 is 14.3 Å². The van der Waals surface area contributed by atoms with Crippen LogP contribution >= 0.6 is 0 Å². The second kappa shape index (κ2) is 17.7. The van der Waals surface area contributed by atoms with Crippen molar-refractivity contribution in [3.05, 3.63) is 60.9 Å². The van der Waals surface area contributed by atoms with Gasteiger partial charge in [-0.1, -0.05) is 109 Å². The Morgan fingerprint density at radius 1 is 0.762 bits per heavy atom. The van der Waals surface area contributed by atoms with Gasteiger partial charge in [-0.05, 0) is 60.7 Å². The molecule has 0 spiro atoms. The Bertz CT molecular complexity index is 1170. The molecule has 0 saturated heterocycles. The zero-order chi connectivity index (χ0) is 29.4. The van der Waals surface area contributed by atoms with Crippen LogP contribution in [0.3, 0.4) is 0 Å². The lowest BCUT2D eigenvalue weighted by molar-refractivity contribution is -0.138. The van der Waals surface area contributed by atoms with Crippen LogP contribution in [0.5, 0.6) is 11.5 Å². The fraction of sp³-hybridized carbons (Fsp3) is 0.541. The minimum Gasteiger partial charge on any atom is -0.494 e. The van der Waals surface area contributed by atoms with Gasteiger partial charge in [-0.2, -0.15) is 0 Å². The quantitative estimate of drug-likeness (QED) is 0.0865. The summed E-state index contributed by atoms with van der Waals surface area (Å²) in [5, 5.41) is 0. The standard InChI is InChI=1S/C37H50N2O3/c1-3-4-5-9-14-29(2)37(40)42-35-24-18-31(19-25-35)33-27-38-36(39-28-33)32-20-22-34(23-21-32)41-26-13-8-6-7-10-15-30-16-11-12-17-30/h18-25,27-30H,3-17,26H2,1-2H3/t29-/m1/s1. The van der Waals surface area contributed by atoms with E-state index in [9.17, 15) is 4.79 Å². The lowest BCUT2D eigenvalue weighted by Crippen LogP contribution is -2.17. The number of esters is 1. The molecule has 42 heavy (non-hydrogen) atoms. The van der Waals surface area contributed by atoms with E-state index in [0.29, 0.717) is 11.6 Å². The summed E-state index contributed by atoms with van der Waals surface area (Å²) < 4.78 is 11.6. The SMILES string of the molecule is CCCCCC[C@@H](C)C(=O)Oc1ccc(-c2cnc(-c3ccc(OCCCCCCCC4CCCC4)cc3)nc2)cc1. The zero-order valence-electron chi connectivity index (χ0n) is 25.9. The van der Waals surface area contributed by atoms with E-state index >= 15 is 0 Å². The molecule has 1 heterocycles. The van der Waals surface area contributed by atoms with Crippen LogP contribution < -0.4 is 9.47 Å². The average molecular weight is 571 g/mol. The van der Waals surface area contributed by atoms with Crippen LogP contribution in [-0.4, -0.2) is 22.5 Å². The van der Waals surface area contributed by atoms with Crippen LogP contribution in [0.1, 0.15) is 110 Å². The van der Waals surface area contributed by atoms with Crippen LogP contribution in [0.15, 0.2) is 60.9 Å². The van der Waals surface area contributed by atoms with Gasteiger partial charge in [0.25, 0.3) is 0 Å². The second-order valence-electron chi connectivity index (χ2n) is 12.1. The summed E-state index contributed by atoms with van der Waals surface area (Å²) in [7, 11) is 0. The molecule has 2 aromatic carbocycles. The van der Waals surface area contributed by atoms with Gasteiger partial charge in [0.15, 0.2) is 5.82 Å². The van der Waals surface area contributed by atoms with Crippen molar-refractivity contribution in [3.63, 3.8) is 0 Å². The summed E-state index contributed by atoms with van der Waals surface area (Å²) in [5.41, 5.74) is 2.85. The molecule has 1 fully saturated rings. The molecule has 0 bridgehead atoms. The summed E-state index contributed by atoms with van der Waals surface area (Å²) in [6, 6.07) is 15.6. The van der Waals surface area contributed by atoms with Gasteiger partial charge < -0.3 is 9.47 Å². The maximum atomic E-state index is 12.4. The van der Waals surface area contributed by atoms with Crippen molar-refractivity contribution in [1.82, 2.24) is 9.97 Å². The molecule has 1 aliphatic rings. The number of hydrogen-bond acceptors (Lipinski definition) is 5. The van der Waals surface area contributed by atoms with Crippen LogP contribution in [0, 0.1) is 11.8 Å². The van der Waals surface area contributed by atoms with Gasteiger partial charge in [-0.25, -0.2) is 9.97 Å². The minimum atomic E-state index is -0.164. The Morgan fingerprint density at radius 2 is 1.38 bits per heavy atom. The highest BCUT2D eigenvalue weighted by atomic mass is 16.5. The smallest absolute Gasteiger partial charge is 0.314 e. The number of rotatable bonds is 18. The molecule has 5 heteroatoms. The van der Waals surface area contributed by atoms with Gasteiger partial charge in [0.05, 0.1) is 12.5 Å². The molecule has 1 aromatic heterocycles. The van der Waals surface area contributed by atoms with E-state index in [1.54, 1.807) is 0 Å². The molecular weight excluding hydrogens is 520 g/mol. The molecule has 0 unspecified atom stereocenters. The summed E-state index contributed by atoms with van der Waals surface area (Å²) in [4.78, 5) is 21.6. The van der Waals surface area contributed by atoms with E-state index in [2.05, 4.69) is 16.9 Å². The number of benzene rings is 2. The summed E-state index contributed by atoms with van der Waals surface area (Å²) in [6.07, 6.45) is 22.9. The van der Waals surface area contributed by atoms with E-state index in [1.807, 2.05) is 67.8 Å². The van der Waals surface area contributed by atoms with Crippen molar-refractivity contribution in [2.24, 2.45) is 11.8 Å². The number of unbranched alkanes of at least 4 members (excludes halogenated alkanes) is 7. The van der Waals surface area contributed by atoms with E-state index < -0.39 is 0 Å². The molecule has 5 nitrogen and oxygen atoms in total. The Kier molecular flexibility index (Phi) is 13.4. The Balaban J connectivity index is 1.16. The first-order valence-corrected chi connectivity index (χ1v) is 16.5. The van der Waals surface area contributed by atoms with E-state index in [1.165, 1.54) is 77.0 Å². The monoisotopic (exact) mass is 570 g/mol. The topological polar surface area (TPSA) is 61.3 Å². The zero-order valence-corrected chi connectivity index (χ0v) is 25.9. The maximum Gasteiger partial charge on any atom is 0.314 e. The Hall–Kier alpha value is -3.21. The predicted octanol–water partition coefficient (Wildman–Crippen LogP) is 10.2. The average Bonchev–Trinajstić information content (AvgIpc) is 3.55.